The number of thiophene rings is 1. The molecule has 28 heavy (non-hydrogen) atoms. The maximum atomic E-state index is 12.0. The van der Waals surface area contributed by atoms with Crippen molar-refractivity contribution in [3.8, 4) is 0 Å². The SMILES string of the molecule is O=C(O)C(=O)O.O=C1NCCC12CCN(CCC1CCCc3sccc31)CC2. The molecule has 1 aliphatic carbocycles. The Morgan fingerprint density at radius 1 is 1.21 bits per heavy atom. The van der Waals surface area contributed by atoms with Gasteiger partial charge in [0.1, 0.15) is 0 Å². The number of aryl methyl sites for hydroxylation is 1. The van der Waals surface area contributed by atoms with E-state index in [2.05, 4.69) is 21.7 Å². The van der Waals surface area contributed by atoms with Gasteiger partial charge in [0, 0.05) is 11.4 Å². The van der Waals surface area contributed by atoms with Crippen LogP contribution in [0.1, 0.15) is 54.9 Å². The summed E-state index contributed by atoms with van der Waals surface area (Å²) < 4.78 is 0. The average molecular weight is 409 g/mol. The topological polar surface area (TPSA) is 107 Å². The van der Waals surface area contributed by atoms with Crippen LogP contribution in [0.2, 0.25) is 0 Å². The Morgan fingerprint density at radius 3 is 2.54 bits per heavy atom. The molecule has 1 unspecified atom stereocenters. The van der Waals surface area contributed by atoms with Crippen LogP contribution in [0.15, 0.2) is 11.4 Å². The van der Waals surface area contributed by atoms with Gasteiger partial charge in [-0.1, -0.05) is 0 Å². The monoisotopic (exact) mass is 408 g/mol. The standard InChI is InChI=1S/C18H26N2OS.C2H2O4/c21-17-18(6-9-19-17)7-11-20(12-8-18)10-4-14-2-1-3-16-15(14)5-13-22-16;3-1(4)2(5)6/h5,13-14H,1-4,6-12H2,(H,19,21);(H,3,4)(H,5,6). The van der Waals surface area contributed by atoms with Crippen molar-refractivity contribution < 1.29 is 24.6 Å². The van der Waals surface area contributed by atoms with Crippen molar-refractivity contribution in [1.82, 2.24) is 10.2 Å². The number of hydrogen-bond donors (Lipinski definition) is 3. The Bertz CT molecular complexity index is 712. The van der Waals surface area contributed by atoms with Gasteiger partial charge in [0.15, 0.2) is 0 Å². The van der Waals surface area contributed by atoms with Gasteiger partial charge in [-0.3, -0.25) is 4.79 Å². The van der Waals surface area contributed by atoms with Crippen LogP contribution in [-0.2, 0) is 20.8 Å². The van der Waals surface area contributed by atoms with Crippen molar-refractivity contribution in [3.63, 3.8) is 0 Å². The van der Waals surface area contributed by atoms with Gasteiger partial charge in [-0.15, -0.1) is 11.3 Å². The van der Waals surface area contributed by atoms with E-state index in [-0.39, 0.29) is 5.41 Å². The van der Waals surface area contributed by atoms with E-state index in [4.69, 9.17) is 19.8 Å². The summed E-state index contributed by atoms with van der Waals surface area (Å²) in [5.74, 6) is -2.55. The summed E-state index contributed by atoms with van der Waals surface area (Å²) in [6.45, 7) is 4.31. The molecule has 0 bridgehead atoms. The second kappa shape index (κ2) is 9.05. The molecule has 154 valence electrons. The lowest BCUT2D eigenvalue weighted by molar-refractivity contribution is -0.159. The third kappa shape index (κ3) is 4.72. The van der Waals surface area contributed by atoms with Crippen molar-refractivity contribution in [1.29, 1.82) is 0 Å². The molecule has 3 N–H and O–H groups in total. The largest absolute Gasteiger partial charge is 0.473 e. The summed E-state index contributed by atoms with van der Waals surface area (Å²) in [6.07, 6.45) is 8.50. The number of hydrogen-bond acceptors (Lipinski definition) is 5. The van der Waals surface area contributed by atoms with Gasteiger partial charge >= 0.3 is 11.9 Å². The van der Waals surface area contributed by atoms with E-state index in [0.717, 1.165) is 44.8 Å². The second-order valence-corrected chi connectivity index (χ2v) is 8.92. The van der Waals surface area contributed by atoms with Crippen LogP contribution in [0.3, 0.4) is 0 Å². The molecular formula is C20H28N2O5S. The highest BCUT2D eigenvalue weighted by molar-refractivity contribution is 7.10. The van der Waals surface area contributed by atoms with E-state index in [0.29, 0.717) is 5.91 Å². The predicted octanol–water partition coefficient (Wildman–Crippen LogP) is 2.32. The van der Waals surface area contributed by atoms with E-state index < -0.39 is 11.9 Å². The van der Waals surface area contributed by atoms with E-state index in [1.165, 1.54) is 32.2 Å². The fraction of sp³-hybridized carbons (Fsp3) is 0.650. The minimum Gasteiger partial charge on any atom is -0.473 e. The van der Waals surface area contributed by atoms with Crippen LogP contribution in [0.4, 0.5) is 0 Å². The number of carbonyl (C=O) groups excluding carboxylic acids is 1. The maximum absolute atomic E-state index is 12.0. The third-order valence-corrected chi connectivity index (χ3v) is 7.33. The molecule has 3 heterocycles. The number of carboxylic acids is 2. The minimum atomic E-state index is -1.82. The summed E-state index contributed by atoms with van der Waals surface area (Å²) >= 11 is 1.95. The fourth-order valence-corrected chi connectivity index (χ4v) is 5.63. The Hall–Kier alpha value is -1.93. The van der Waals surface area contributed by atoms with Crippen LogP contribution in [0, 0.1) is 5.41 Å². The second-order valence-electron chi connectivity index (χ2n) is 7.92. The molecule has 1 aromatic heterocycles. The van der Waals surface area contributed by atoms with Crippen molar-refractivity contribution in [3.05, 3.63) is 21.9 Å². The van der Waals surface area contributed by atoms with Crippen molar-refractivity contribution in [2.45, 2.75) is 50.9 Å². The zero-order valence-corrected chi connectivity index (χ0v) is 16.8. The first-order chi connectivity index (χ1) is 13.4. The first-order valence-electron chi connectivity index (χ1n) is 9.94. The average Bonchev–Trinajstić information content (AvgIpc) is 3.29. The van der Waals surface area contributed by atoms with E-state index in [1.54, 1.807) is 10.4 Å². The first-order valence-corrected chi connectivity index (χ1v) is 10.8. The van der Waals surface area contributed by atoms with Gasteiger partial charge in [-0.05, 0) is 87.5 Å². The predicted molar refractivity (Wildman–Crippen MR) is 106 cm³/mol. The molecule has 2 aliphatic heterocycles. The molecule has 0 saturated carbocycles. The Labute approximate surface area is 168 Å². The van der Waals surface area contributed by atoms with Gasteiger partial charge in [-0.25, -0.2) is 9.59 Å². The summed E-state index contributed by atoms with van der Waals surface area (Å²) in [5.41, 5.74) is 1.63. The van der Waals surface area contributed by atoms with Crippen LogP contribution >= 0.6 is 11.3 Å². The molecule has 1 amide bonds. The molecular weight excluding hydrogens is 380 g/mol. The molecule has 8 heteroatoms. The summed E-state index contributed by atoms with van der Waals surface area (Å²) in [4.78, 5) is 34.5. The summed E-state index contributed by atoms with van der Waals surface area (Å²) in [7, 11) is 0. The normalized spacial score (nSPS) is 23.4. The third-order valence-electron chi connectivity index (χ3n) is 6.34. The first kappa shape index (κ1) is 20.8. The van der Waals surface area contributed by atoms with Gasteiger partial charge in [0.05, 0.1) is 5.41 Å². The number of piperidine rings is 1. The fourth-order valence-electron chi connectivity index (χ4n) is 4.62. The lowest BCUT2D eigenvalue weighted by Crippen LogP contribution is -2.44. The number of aliphatic carboxylic acids is 2. The van der Waals surface area contributed by atoms with Crippen LogP contribution in [0.5, 0.6) is 0 Å². The Balaban J connectivity index is 0.000000330. The quantitative estimate of drug-likeness (QED) is 0.663. The Morgan fingerprint density at radius 2 is 1.93 bits per heavy atom. The van der Waals surface area contributed by atoms with Gasteiger partial charge < -0.3 is 20.4 Å². The zero-order chi connectivity index (χ0) is 20.1. The molecule has 1 spiro atoms. The number of likely N-dealkylation sites (tertiary alicyclic amines) is 1. The molecule has 1 aromatic rings. The van der Waals surface area contributed by atoms with E-state index in [1.807, 2.05) is 11.3 Å². The molecule has 3 aliphatic rings. The van der Waals surface area contributed by atoms with E-state index in [9.17, 15) is 4.79 Å². The number of carbonyl (C=O) groups is 3. The number of amides is 1. The van der Waals surface area contributed by atoms with E-state index >= 15 is 0 Å². The van der Waals surface area contributed by atoms with Gasteiger partial charge in [0.2, 0.25) is 5.91 Å². The number of rotatable bonds is 3. The molecule has 0 aromatic carbocycles. The van der Waals surface area contributed by atoms with Gasteiger partial charge in [-0.2, -0.15) is 0 Å². The lowest BCUT2D eigenvalue weighted by atomic mass is 9.77. The highest BCUT2D eigenvalue weighted by Crippen LogP contribution is 2.39. The highest BCUT2D eigenvalue weighted by atomic mass is 32.1. The number of fused-ring (bicyclic) bond motifs is 1. The molecule has 2 fully saturated rings. The zero-order valence-electron chi connectivity index (χ0n) is 16.0. The summed E-state index contributed by atoms with van der Waals surface area (Å²) in [5, 5.41) is 20.1. The number of nitrogens with zero attached hydrogens (tertiary/aromatic N) is 1. The summed E-state index contributed by atoms with van der Waals surface area (Å²) in [6, 6.07) is 2.36. The molecule has 2 saturated heterocycles. The number of nitrogens with one attached hydrogen (secondary N) is 1. The molecule has 0 radical (unpaired) electrons. The molecule has 1 atom stereocenters. The molecule has 4 rings (SSSR count). The minimum absolute atomic E-state index is 0.0120. The van der Waals surface area contributed by atoms with Crippen LogP contribution in [0.25, 0.3) is 0 Å². The van der Waals surface area contributed by atoms with Crippen LogP contribution < -0.4 is 5.32 Å². The lowest BCUT2D eigenvalue weighted by Gasteiger charge is -2.38. The van der Waals surface area contributed by atoms with Crippen molar-refractivity contribution >= 4 is 29.2 Å². The smallest absolute Gasteiger partial charge is 0.414 e. The van der Waals surface area contributed by atoms with Crippen LogP contribution in [-0.4, -0.2) is 59.1 Å². The molecule has 7 nitrogen and oxygen atoms in total. The van der Waals surface area contributed by atoms with Crippen molar-refractivity contribution in [2.24, 2.45) is 5.41 Å². The highest BCUT2D eigenvalue weighted by Gasteiger charge is 2.44. The van der Waals surface area contributed by atoms with Gasteiger partial charge in [0.25, 0.3) is 0 Å². The Kier molecular flexibility index (Phi) is 6.72. The van der Waals surface area contributed by atoms with Crippen molar-refractivity contribution in [2.75, 3.05) is 26.2 Å². The number of carboxylic acid groups (broad SMARTS) is 2. The maximum Gasteiger partial charge on any atom is 0.414 e.